The Bertz CT molecular complexity index is 1260. The van der Waals surface area contributed by atoms with E-state index in [0.717, 1.165) is 84.7 Å². The molecule has 2 aliphatic carbocycles. The van der Waals surface area contributed by atoms with Crippen molar-refractivity contribution in [1.82, 2.24) is 9.97 Å². The van der Waals surface area contributed by atoms with Gasteiger partial charge in [-0.25, -0.2) is 0 Å². The van der Waals surface area contributed by atoms with Crippen molar-refractivity contribution in [1.29, 1.82) is 0 Å². The minimum Gasteiger partial charge on any atom is -0.507 e. The SMILES string of the molecule is Oc1c(-c2ccncc2)cc2c(c1-c1c(O)c(-c3ccncc3)cc3c1CCCC3)CCCC2. The number of aryl methyl sites for hydroxylation is 2. The van der Waals surface area contributed by atoms with Crippen LogP contribution in [0.15, 0.2) is 61.2 Å². The molecule has 34 heavy (non-hydrogen) atoms. The summed E-state index contributed by atoms with van der Waals surface area (Å²) in [5.41, 5.74) is 10.1. The van der Waals surface area contributed by atoms with E-state index in [1.807, 2.05) is 24.3 Å². The summed E-state index contributed by atoms with van der Waals surface area (Å²) in [5, 5.41) is 23.6. The summed E-state index contributed by atoms with van der Waals surface area (Å²) in [7, 11) is 0. The van der Waals surface area contributed by atoms with Crippen LogP contribution >= 0.6 is 0 Å². The summed E-state index contributed by atoms with van der Waals surface area (Å²) in [4.78, 5) is 8.32. The van der Waals surface area contributed by atoms with Crippen molar-refractivity contribution in [2.45, 2.75) is 51.4 Å². The minimum absolute atomic E-state index is 0.266. The Morgan fingerprint density at radius 2 is 0.912 bits per heavy atom. The number of benzene rings is 2. The predicted octanol–water partition coefficient (Wildman–Crippen LogP) is 6.65. The molecule has 0 bridgehead atoms. The van der Waals surface area contributed by atoms with E-state index in [4.69, 9.17) is 0 Å². The average molecular weight is 449 g/mol. The van der Waals surface area contributed by atoms with Gasteiger partial charge in [-0.05, 0) is 121 Å². The second kappa shape index (κ2) is 8.60. The molecule has 0 radical (unpaired) electrons. The van der Waals surface area contributed by atoms with Crippen LogP contribution in [0, 0.1) is 0 Å². The zero-order valence-corrected chi connectivity index (χ0v) is 19.2. The van der Waals surface area contributed by atoms with Crippen LogP contribution in [0.1, 0.15) is 47.9 Å². The van der Waals surface area contributed by atoms with Crippen LogP contribution in [0.2, 0.25) is 0 Å². The summed E-state index contributed by atoms with van der Waals surface area (Å²) in [6.45, 7) is 0. The zero-order valence-electron chi connectivity index (χ0n) is 19.2. The molecule has 2 heterocycles. The van der Waals surface area contributed by atoms with Crippen molar-refractivity contribution in [3.8, 4) is 44.9 Å². The van der Waals surface area contributed by atoms with Gasteiger partial charge in [-0.15, -0.1) is 0 Å². The fourth-order valence-electron chi connectivity index (χ4n) is 5.83. The molecule has 0 unspecified atom stereocenters. The third kappa shape index (κ3) is 3.45. The van der Waals surface area contributed by atoms with E-state index in [9.17, 15) is 10.2 Å². The fourth-order valence-corrected chi connectivity index (χ4v) is 5.83. The maximum atomic E-state index is 11.8. The van der Waals surface area contributed by atoms with Gasteiger partial charge in [0.2, 0.25) is 0 Å². The van der Waals surface area contributed by atoms with Gasteiger partial charge in [-0.2, -0.15) is 0 Å². The highest BCUT2D eigenvalue weighted by Crippen LogP contribution is 2.52. The Balaban J connectivity index is 1.69. The summed E-state index contributed by atoms with van der Waals surface area (Å²) in [6, 6.07) is 12.1. The van der Waals surface area contributed by atoms with Gasteiger partial charge in [-0.1, -0.05) is 0 Å². The minimum atomic E-state index is 0.266. The highest BCUT2D eigenvalue weighted by molar-refractivity contribution is 5.93. The lowest BCUT2D eigenvalue weighted by molar-refractivity contribution is 0.468. The standard InChI is InChI=1S/C30H28N2O2/c33-29-25(19-9-13-31-14-10-19)17-21-5-1-3-7-23(21)27(29)28-24-8-4-2-6-22(24)18-26(30(28)34)20-11-15-32-16-12-20/h9-18,33-34H,1-8H2. The molecule has 4 nitrogen and oxygen atoms in total. The molecule has 2 aromatic carbocycles. The van der Waals surface area contributed by atoms with Gasteiger partial charge >= 0.3 is 0 Å². The summed E-state index contributed by atoms with van der Waals surface area (Å²) >= 11 is 0. The molecule has 0 spiro atoms. The maximum Gasteiger partial charge on any atom is 0.131 e. The van der Waals surface area contributed by atoms with Crippen molar-refractivity contribution in [2.75, 3.05) is 0 Å². The number of aromatic hydroxyl groups is 2. The van der Waals surface area contributed by atoms with E-state index in [-0.39, 0.29) is 11.5 Å². The van der Waals surface area contributed by atoms with E-state index in [1.165, 1.54) is 22.3 Å². The first-order valence-corrected chi connectivity index (χ1v) is 12.3. The number of phenolic OH excluding ortho intramolecular Hbond substituents is 2. The Kier molecular flexibility index (Phi) is 5.29. The van der Waals surface area contributed by atoms with Crippen LogP contribution < -0.4 is 0 Å². The molecule has 4 heteroatoms. The third-order valence-corrected chi connectivity index (χ3v) is 7.48. The quantitative estimate of drug-likeness (QED) is 0.368. The number of phenols is 2. The molecule has 0 amide bonds. The molecule has 170 valence electrons. The number of rotatable bonds is 3. The highest BCUT2D eigenvalue weighted by Gasteiger charge is 2.29. The van der Waals surface area contributed by atoms with Crippen LogP contribution in [0.3, 0.4) is 0 Å². The molecule has 0 fully saturated rings. The maximum absolute atomic E-state index is 11.8. The monoisotopic (exact) mass is 448 g/mol. The third-order valence-electron chi connectivity index (χ3n) is 7.48. The van der Waals surface area contributed by atoms with E-state index in [0.29, 0.717) is 0 Å². The predicted molar refractivity (Wildman–Crippen MR) is 135 cm³/mol. The second-order valence-corrected chi connectivity index (χ2v) is 9.46. The number of hydrogen-bond acceptors (Lipinski definition) is 4. The molecular formula is C30H28N2O2. The summed E-state index contributed by atoms with van der Waals surface area (Å²) in [6.07, 6.45) is 15.4. The lowest BCUT2D eigenvalue weighted by Gasteiger charge is -2.28. The Morgan fingerprint density at radius 1 is 0.529 bits per heavy atom. The zero-order chi connectivity index (χ0) is 23.1. The summed E-state index contributed by atoms with van der Waals surface area (Å²) < 4.78 is 0. The van der Waals surface area contributed by atoms with Gasteiger partial charge in [0.1, 0.15) is 11.5 Å². The first-order chi connectivity index (χ1) is 16.7. The number of hydrogen-bond donors (Lipinski definition) is 2. The number of nitrogens with zero attached hydrogens (tertiary/aromatic N) is 2. The van der Waals surface area contributed by atoms with Crippen molar-refractivity contribution in [3.05, 3.63) is 83.4 Å². The van der Waals surface area contributed by atoms with Gasteiger partial charge in [0.15, 0.2) is 0 Å². The molecule has 2 N–H and O–H groups in total. The van der Waals surface area contributed by atoms with Crippen LogP contribution in [-0.4, -0.2) is 20.2 Å². The number of fused-ring (bicyclic) bond motifs is 2. The van der Waals surface area contributed by atoms with Gasteiger partial charge in [-0.3, -0.25) is 9.97 Å². The molecular weight excluding hydrogens is 420 g/mol. The Morgan fingerprint density at radius 3 is 1.32 bits per heavy atom. The van der Waals surface area contributed by atoms with Crippen LogP contribution in [0.25, 0.3) is 33.4 Å². The van der Waals surface area contributed by atoms with Crippen molar-refractivity contribution in [3.63, 3.8) is 0 Å². The fraction of sp³-hybridized carbons (Fsp3) is 0.267. The molecule has 2 aliphatic rings. The Labute approximate surface area is 200 Å². The summed E-state index contributed by atoms with van der Waals surface area (Å²) in [5.74, 6) is 0.531. The molecule has 0 atom stereocenters. The van der Waals surface area contributed by atoms with Gasteiger partial charge in [0.25, 0.3) is 0 Å². The van der Waals surface area contributed by atoms with Crippen molar-refractivity contribution < 1.29 is 10.2 Å². The molecule has 0 saturated heterocycles. The van der Waals surface area contributed by atoms with E-state index < -0.39 is 0 Å². The van der Waals surface area contributed by atoms with Crippen molar-refractivity contribution in [2.24, 2.45) is 0 Å². The molecule has 0 saturated carbocycles. The average Bonchev–Trinajstić information content (AvgIpc) is 2.90. The van der Waals surface area contributed by atoms with Gasteiger partial charge in [0.05, 0.1) is 0 Å². The lowest BCUT2D eigenvalue weighted by atomic mass is 9.77. The molecule has 2 aromatic heterocycles. The van der Waals surface area contributed by atoms with Gasteiger partial charge in [0, 0.05) is 47.0 Å². The molecule has 0 aliphatic heterocycles. The Hall–Kier alpha value is -3.66. The topological polar surface area (TPSA) is 66.2 Å². The number of pyridine rings is 2. The van der Waals surface area contributed by atoms with E-state index >= 15 is 0 Å². The largest absolute Gasteiger partial charge is 0.507 e. The first kappa shape index (κ1) is 20.9. The second-order valence-electron chi connectivity index (χ2n) is 9.46. The van der Waals surface area contributed by atoms with Gasteiger partial charge < -0.3 is 10.2 Å². The van der Waals surface area contributed by atoms with Crippen LogP contribution in [0.4, 0.5) is 0 Å². The molecule has 4 aromatic rings. The van der Waals surface area contributed by atoms with Crippen LogP contribution in [-0.2, 0) is 25.7 Å². The first-order valence-electron chi connectivity index (χ1n) is 12.3. The van der Waals surface area contributed by atoms with E-state index in [1.54, 1.807) is 24.8 Å². The lowest BCUT2D eigenvalue weighted by Crippen LogP contribution is -2.10. The van der Waals surface area contributed by atoms with Crippen LogP contribution in [0.5, 0.6) is 11.5 Å². The smallest absolute Gasteiger partial charge is 0.131 e. The van der Waals surface area contributed by atoms with Crippen molar-refractivity contribution >= 4 is 0 Å². The highest BCUT2D eigenvalue weighted by atomic mass is 16.3. The number of aromatic nitrogens is 2. The van der Waals surface area contributed by atoms with E-state index in [2.05, 4.69) is 22.1 Å². The normalized spacial score (nSPS) is 14.9. The molecule has 6 rings (SSSR count).